The summed E-state index contributed by atoms with van der Waals surface area (Å²) in [5.41, 5.74) is 0.688. The van der Waals surface area contributed by atoms with Crippen molar-refractivity contribution < 1.29 is 19.1 Å². The lowest BCUT2D eigenvalue weighted by atomic mass is 10.1. The molecule has 0 saturated carbocycles. The molecule has 0 bridgehead atoms. The van der Waals surface area contributed by atoms with Gasteiger partial charge in [-0.25, -0.2) is 0 Å². The molecule has 0 aliphatic rings. The SMILES string of the molecule is CCCc1nc(COc2cc(OC)ccc2[C@@H](C)O)no1. The van der Waals surface area contributed by atoms with Crippen LogP contribution >= 0.6 is 0 Å². The van der Waals surface area contributed by atoms with Gasteiger partial charge in [0.05, 0.1) is 13.2 Å². The smallest absolute Gasteiger partial charge is 0.226 e. The number of ether oxygens (including phenoxy) is 2. The molecular formula is C15H20N2O4. The molecule has 1 heterocycles. The van der Waals surface area contributed by atoms with Gasteiger partial charge in [-0.1, -0.05) is 12.1 Å². The first-order valence-corrected chi connectivity index (χ1v) is 6.94. The fraction of sp³-hybridized carbons (Fsp3) is 0.467. The van der Waals surface area contributed by atoms with Crippen molar-refractivity contribution in [3.05, 3.63) is 35.5 Å². The van der Waals surface area contributed by atoms with Crippen LogP contribution in [0.2, 0.25) is 0 Å². The maximum atomic E-state index is 9.77. The summed E-state index contributed by atoms with van der Waals surface area (Å²) in [6.45, 7) is 3.91. The molecule has 0 fully saturated rings. The molecular weight excluding hydrogens is 272 g/mol. The first kappa shape index (κ1) is 15.3. The minimum absolute atomic E-state index is 0.181. The van der Waals surface area contributed by atoms with E-state index >= 15 is 0 Å². The van der Waals surface area contributed by atoms with Crippen molar-refractivity contribution in [3.63, 3.8) is 0 Å². The van der Waals surface area contributed by atoms with E-state index in [0.717, 1.165) is 12.8 Å². The van der Waals surface area contributed by atoms with Gasteiger partial charge in [-0.05, 0) is 25.5 Å². The summed E-state index contributed by atoms with van der Waals surface area (Å²) in [5.74, 6) is 2.30. The molecule has 0 radical (unpaired) electrons. The lowest BCUT2D eigenvalue weighted by molar-refractivity contribution is 0.189. The third kappa shape index (κ3) is 3.95. The topological polar surface area (TPSA) is 77.6 Å². The molecule has 21 heavy (non-hydrogen) atoms. The van der Waals surface area contributed by atoms with Crippen molar-refractivity contribution in [1.82, 2.24) is 10.1 Å². The number of hydrogen-bond acceptors (Lipinski definition) is 6. The summed E-state index contributed by atoms with van der Waals surface area (Å²) in [4.78, 5) is 4.24. The van der Waals surface area contributed by atoms with E-state index in [1.807, 2.05) is 6.92 Å². The third-order valence-corrected chi connectivity index (χ3v) is 3.00. The normalized spacial score (nSPS) is 12.2. The van der Waals surface area contributed by atoms with Crippen LogP contribution in [0.3, 0.4) is 0 Å². The Morgan fingerprint density at radius 3 is 2.86 bits per heavy atom. The fourth-order valence-corrected chi connectivity index (χ4v) is 1.92. The Labute approximate surface area is 123 Å². The number of methoxy groups -OCH3 is 1. The highest BCUT2D eigenvalue weighted by Crippen LogP contribution is 2.29. The summed E-state index contributed by atoms with van der Waals surface area (Å²) in [6.07, 6.45) is 1.07. The van der Waals surface area contributed by atoms with Gasteiger partial charge in [-0.15, -0.1) is 0 Å². The summed E-state index contributed by atoms with van der Waals surface area (Å²) in [5, 5.41) is 13.6. The Bertz CT molecular complexity index is 581. The number of aryl methyl sites for hydroxylation is 1. The van der Waals surface area contributed by atoms with Crippen molar-refractivity contribution in [2.75, 3.05) is 7.11 Å². The van der Waals surface area contributed by atoms with Gasteiger partial charge in [0, 0.05) is 18.1 Å². The number of rotatable bonds is 7. The molecule has 6 nitrogen and oxygen atoms in total. The van der Waals surface area contributed by atoms with E-state index in [-0.39, 0.29) is 6.61 Å². The largest absolute Gasteiger partial charge is 0.497 e. The van der Waals surface area contributed by atoms with E-state index in [1.54, 1.807) is 32.2 Å². The van der Waals surface area contributed by atoms with Crippen LogP contribution in [0.25, 0.3) is 0 Å². The number of benzene rings is 1. The van der Waals surface area contributed by atoms with Crippen molar-refractivity contribution in [1.29, 1.82) is 0 Å². The van der Waals surface area contributed by atoms with Gasteiger partial charge in [0.25, 0.3) is 0 Å². The zero-order chi connectivity index (χ0) is 15.2. The van der Waals surface area contributed by atoms with Crippen molar-refractivity contribution in [2.24, 2.45) is 0 Å². The van der Waals surface area contributed by atoms with Crippen molar-refractivity contribution >= 4 is 0 Å². The number of aliphatic hydroxyl groups excluding tert-OH is 1. The first-order valence-electron chi connectivity index (χ1n) is 6.94. The van der Waals surface area contributed by atoms with Gasteiger partial charge in [0.15, 0.2) is 6.61 Å². The highest BCUT2D eigenvalue weighted by Gasteiger charge is 2.12. The minimum Gasteiger partial charge on any atom is -0.497 e. The second-order valence-corrected chi connectivity index (χ2v) is 4.72. The molecule has 0 amide bonds. The Balaban J connectivity index is 2.10. The van der Waals surface area contributed by atoms with Crippen molar-refractivity contribution in [2.45, 2.75) is 39.4 Å². The third-order valence-electron chi connectivity index (χ3n) is 3.00. The van der Waals surface area contributed by atoms with E-state index in [0.29, 0.717) is 28.8 Å². The van der Waals surface area contributed by atoms with Gasteiger partial charge in [0.1, 0.15) is 11.5 Å². The molecule has 1 aromatic carbocycles. The number of aliphatic hydroxyl groups is 1. The monoisotopic (exact) mass is 292 g/mol. The summed E-state index contributed by atoms with van der Waals surface area (Å²) in [6, 6.07) is 5.29. The number of hydrogen-bond donors (Lipinski definition) is 1. The number of nitrogens with zero attached hydrogens (tertiary/aromatic N) is 2. The van der Waals surface area contributed by atoms with E-state index in [2.05, 4.69) is 10.1 Å². The predicted molar refractivity (Wildman–Crippen MR) is 76.3 cm³/mol. The van der Waals surface area contributed by atoms with Gasteiger partial charge in [-0.2, -0.15) is 4.98 Å². The van der Waals surface area contributed by atoms with E-state index in [4.69, 9.17) is 14.0 Å². The molecule has 1 N–H and O–H groups in total. The highest BCUT2D eigenvalue weighted by atomic mass is 16.5. The zero-order valence-electron chi connectivity index (χ0n) is 12.5. The quantitative estimate of drug-likeness (QED) is 0.845. The molecule has 2 aromatic rings. The average Bonchev–Trinajstić information content (AvgIpc) is 2.92. The highest BCUT2D eigenvalue weighted by molar-refractivity contribution is 5.41. The van der Waals surface area contributed by atoms with Gasteiger partial charge >= 0.3 is 0 Å². The van der Waals surface area contributed by atoms with Crippen LogP contribution in [0, 0.1) is 0 Å². The lowest BCUT2D eigenvalue weighted by Crippen LogP contribution is -2.03. The zero-order valence-corrected chi connectivity index (χ0v) is 12.5. The summed E-state index contributed by atoms with van der Waals surface area (Å²) in [7, 11) is 1.58. The first-order chi connectivity index (χ1) is 10.1. The standard InChI is InChI=1S/C15H20N2O4/c1-4-5-15-16-14(17-21-15)9-20-13-8-11(19-3)6-7-12(13)10(2)18/h6-8,10,18H,4-5,9H2,1-3H3/t10-/m1/s1. The van der Waals surface area contributed by atoms with Crippen LogP contribution in [-0.2, 0) is 13.0 Å². The van der Waals surface area contributed by atoms with Crippen LogP contribution in [0.1, 0.15) is 43.7 Å². The van der Waals surface area contributed by atoms with Gasteiger partial charge in [-0.3, -0.25) is 0 Å². The van der Waals surface area contributed by atoms with E-state index in [1.165, 1.54) is 0 Å². The van der Waals surface area contributed by atoms with Crippen LogP contribution < -0.4 is 9.47 Å². The molecule has 1 aromatic heterocycles. The molecule has 1 atom stereocenters. The van der Waals surface area contributed by atoms with Crippen molar-refractivity contribution in [3.8, 4) is 11.5 Å². The minimum atomic E-state index is -0.633. The molecule has 2 rings (SSSR count). The Kier molecular flexibility index (Phi) is 5.16. The van der Waals surface area contributed by atoms with E-state index < -0.39 is 6.10 Å². The van der Waals surface area contributed by atoms with Crippen LogP contribution in [0.4, 0.5) is 0 Å². The van der Waals surface area contributed by atoms with Gasteiger partial charge < -0.3 is 19.1 Å². The van der Waals surface area contributed by atoms with E-state index in [9.17, 15) is 5.11 Å². The molecule has 0 saturated heterocycles. The average molecular weight is 292 g/mol. The molecule has 6 heteroatoms. The molecule has 0 spiro atoms. The second-order valence-electron chi connectivity index (χ2n) is 4.72. The summed E-state index contributed by atoms with van der Waals surface area (Å²) >= 11 is 0. The Morgan fingerprint density at radius 2 is 2.19 bits per heavy atom. The molecule has 0 unspecified atom stereocenters. The van der Waals surface area contributed by atoms with Gasteiger partial charge in [0.2, 0.25) is 11.7 Å². The van der Waals surface area contributed by atoms with Crippen LogP contribution in [-0.4, -0.2) is 22.4 Å². The molecule has 0 aliphatic carbocycles. The summed E-state index contributed by atoms with van der Waals surface area (Å²) < 4.78 is 16.0. The second kappa shape index (κ2) is 7.08. The number of aromatic nitrogens is 2. The molecule has 114 valence electrons. The lowest BCUT2D eigenvalue weighted by Gasteiger charge is -2.13. The predicted octanol–water partition coefficient (Wildman–Crippen LogP) is 2.66. The molecule has 0 aliphatic heterocycles. The maximum absolute atomic E-state index is 9.77. The van der Waals surface area contributed by atoms with Crippen LogP contribution in [0.15, 0.2) is 22.7 Å². The Hall–Kier alpha value is -2.08. The Morgan fingerprint density at radius 1 is 1.38 bits per heavy atom. The van der Waals surface area contributed by atoms with Crippen LogP contribution in [0.5, 0.6) is 11.5 Å². The fourth-order valence-electron chi connectivity index (χ4n) is 1.92. The maximum Gasteiger partial charge on any atom is 0.226 e.